The van der Waals surface area contributed by atoms with Crippen molar-refractivity contribution in [2.45, 2.75) is 0 Å². The van der Waals surface area contributed by atoms with Crippen LogP contribution in [0.25, 0.3) is 0 Å². The molecule has 0 bridgehead atoms. The Kier molecular flexibility index (Phi) is 70.2. The molecule has 0 aromatic carbocycles. The van der Waals surface area contributed by atoms with E-state index >= 15 is 0 Å². The van der Waals surface area contributed by atoms with Crippen LogP contribution in [0.1, 0.15) is 0 Å². The summed E-state index contributed by atoms with van der Waals surface area (Å²) in [6.07, 6.45) is 0. The summed E-state index contributed by atoms with van der Waals surface area (Å²) in [5.74, 6) is 0. The van der Waals surface area contributed by atoms with Gasteiger partial charge in [0.25, 0.3) is 0 Å². The Morgan fingerprint density at radius 1 is 0.900 bits per heavy atom. The van der Waals surface area contributed by atoms with Crippen LogP contribution in [0.2, 0.25) is 0 Å². The van der Waals surface area contributed by atoms with Gasteiger partial charge in [0, 0.05) is 10.4 Å². The van der Waals surface area contributed by atoms with Gasteiger partial charge in [-0.15, -0.1) is 24.8 Å². The number of hydrogen-bond acceptors (Lipinski definition) is 4. The van der Waals surface area contributed by atoms with E-state index in [9.17, 15) is 0 Å². The standard InChI is InChI=1S/Ca.2ClH.H2O4S.2H2O/c;;;1-5(2,3)4;;/h;2*1H;(H2,1,2,3,4);2*1H2/q+2;;;;;/p-2. The van der Waals surface area contributed by atoms with Crippen molar-refractivity contribution in [3.05, 3.63) is 0 Å². The van der Waals surface area contributed by atoms with Crippen molar-refractivity contribution in [3.63, 3.8) is 0 Å². The molecule has 0 saturated carbocycles. The van der Waals surface area contributed by atoms with Crippen molar-refractivity contribution in [2.75, 3.05) is 0 Å². The van der Waals surface area contributed by atoms with E-state index in [1.165, 1.54) is 0 Å². The van der Waals surface area contributed by atoms with Gasteiger partial charge in [-0.25, -0.2) is 0 Å². The van der Waals surface area contributed by atoms with Gasteiger partial charge in [0.05, 0.1) is 0 Å². The second-order valence-electron chi connectivity index (χ2n) is 0.408. The van der Waals surface area contributed by atoms with E-state index in [2.05, 4.69) is 0 Å². The third kappa shape index (κ3) is 270. The van der Waals surface area contributed by atoms with Crippen LogP contribution < -0.4 is 0 Å². The van der Waals surface area contributed by atoms with E-state index in [0.717, 1.165) is 0 Å². The summed E-state index contributed by atoms with van der Waals surface area (Å²) in [7, 11) is -5.17. The van der Waals surface area contributed by atoms with E-state index in [4.69, 9.17) is 17.5 Å². The monoisotopic (exact) mass is 244 g/mol. The molecule has 0 aliphatic heterocycles. The maximum Gasteiger partial charge on any atom is 2.00 e. The molecule has 0 aliphatic carbocycles. The SMILES string of the molecule is Cl.Cl.O.O.O=S(=O)([O-])[O-].[Ca+2]. The third-order valence-corrected chi connectivity index (χ3v) is 0. The van der Waals surface area contributed by atoms with Crippen LogP contribution in [-0.4, -0.2) is 66.2 Å². The predicted molar refractivity (Wildman–Crippen MR) is 38.0 cm³/mol. The third-order valence-electron chi connectivity index (χ3n) is 0. The predicted octanol–water partition coefficient (Wildman–Crippen LogP) is -2.52. The molecule has 10 heavy (non-hydrogen) atoms. The minimum absolute atomic E-state index is 0. The topological polar surface area (TPSA) is 143 Å². The molecule has 0 amide bonds. The quantitative estimate of drug-likeness (QED) is 0.263. The Morgan fingerprint density at radius 2 is 0.900 bits per heavy atom. The van der Waals surface area contributed by atoms with Crippen LogP contribution in [0.4, 0.5) is 0 Å². The second-order valence-corrected chi connectivity index (χ2v) is 1.22. The molecule has 0 fully saturated rings. The second kappa shape index (κ2) is 16.9. The molecule has 4 N–H and O–H groups in total. The maximum absolute atomic E-state index is 8.52. The molecule has 0 unspecified atom stereocenters. The van der Waals surface area contributed by atoms with Gasteiger partial charge in [-0.3, -0.25) is 8.42 Å². The molecule has 0 aromatic heterocycles. The first kappa shape index (κ1) is 41.5. The van der Waals surface area contributed by atoms with Crippen LogP contribution in [0.5, 0.6) is 0 Å². The van der Waals surface area contributed by atoms with Crippen molar-refractivity contribution in [3.8, 4) is 0 Å². The van der Waals surface area contributed by atoms with Crippen molar-refractivity contribution < 1.29 is 28.5 Å². The molecule has 64 valence electrons. The van der Waals surface area contributed by atoms with Crippen molar-refractivity contribution in [2.24, 2.45) is 0 Å². The van der Waals surface area contributed by atoms with Crippen LogP contribution in [0.3, 0.4) is 0 Å². The van der Waals surface area contributed by atoms with Crippen LogP contribution >= 0.6 is 24.8 Å². The van der Waals surface area contributed by atoms with Gasteiger partial charge in [0.2, 0.25) is 0 Å². The van der Waals surface area contributed by atoms with Crippen molar-refractivity contribution in [1.82, 2.24) is 0 Å². The fourth-order valence-corrected chi connectivity index (χ4v) is 0. The van der Waals surface area contributed by atoms with Gasteiger partial charge in [0.15, 0.2) is 0 Å². The Balaban J connectivity index is -0.00000000800. The Morgan fingerprint density at radius 3 is 0.900 bits per heavy atom. The molecule has 0 spiro atoms. The van der Waals surface area contributed by atoms with E-state index < -0.39 is 10.4 Å². The molecular weight excluding hydrogens is 239 g/mol. The zero-order valence-corrected chi connectivity index (χ0v) is 9.22. The van der Waals surface area contributed by atoms with Gasteiger partial charge < -0.3 is 20.1 Å². The maximum atomic E-state index is 8.52. The normalized spacial score (nSPS) is 5.80. The average Bonchev–Trinajstić information content (AvgIpc) is 0.722. The van der Waals surface area contributed by atoms with Crippen molar-refractivity contribution >= 4 is 73.0 Å². The van der Waals surface area contributed by atoms with Gasteiger partial charge in [-0.2, -0.15) is 0 Å². The molecule has 0 radical (unpaired) electrons. The first-order chi connectivity index (χ1) is 2.00. The average molecular weight is 245 g/mol. The van der Waals surface area contributed by atoms with Crippen LogP contribution in [0.15, 0.2) is 0 Å². The first-order valence-electron chi connectivity index (χ1n) is 0.667. The molecule has 0 atom stereocenters. The van der Waals surface area contributed by atoms with E-state index in [0.29, 0.717) is 0 Å². The molecule has 0 saturated heterocycles. The fraction of sp³-hybridized carbons (Fsp3) is 0. The molecule has 0 aromatic rings. The Bertz CT molecular complexity index is 98.9. The Labute approximate surface area is 100 Å². The number of halogens is 2. The number of rotatable bonds is 0. The number of hydrogen-bond donors (Lipinski definition) is 0. The summed E-state index contributed by atoms with van der Waals surface area (Å²) >= 11 is 0. The summed E-state index contributed by atoms with van der Waals surface area (Å²) < 4.78 is 34.1. The first-order valence-corrected chi connectivity index (χ1v) is 2.00. The van der Waals surface area contributed by atoms with Gasteiger partial charge in [-0.1, -0.05) is 0 Å². The minimum atomic E-state index is -5.17. The molecule has 0 rings (SSSR count). The van der Waals surface area contributed by atoms with E-state index in [1.54, 1.807) is 0 Å². The zero-order valence-electron chi connectivity index (χ0n) is 4.56. The van der Waals surface area contributed by atoms with Gasteiger partial charge in [0.1, 0.15) is 0 Å². The van der Waals surface area contributed by atoms with Crippen LogP contribution in [0, 0.1) is 0 Å². The van der Waals surface area contributed by atoms with Crippen LogP contribution in [-0.2, 0) is 10.4 Å². The molecule has 10 heteroatoms. The molecule has 0 heterocycles. The molecular formula is H6CaCl2O6S. The van der Waals surface area contributed by atoms with Gasteiger partial charge >= 0.3 is 37.7 Å². The Hall–Kier alpha value is 1.63. The smallest absolute Gasteiger partial charge is 0.759 e. The molecule has 0 aliphatic rings. The summed E-state index contributed by atoms with van der Waals surface area (Å²) in [6.45, 7) is 0. The van der Waals surface area contributed by atoms with Crippen molar-refractivity contribution in [1.29, 1.82) is 0 Å². The summed E-state index contributed by atoms with van der Waals surface area (Å²) in [6, 6.07) is 0. The van der Waals surface area contributed by atoms with E-state index in [-0.39, 0.29) is 73.5 Å². The van der Waals surface area contributed by atoms with Gasteiger partial charge in [-0.05, 0) is 0 Å². The van der Waals surface area contributed by atoms with E-state index in [1.807, 2.05) is 0 Å². The summed E-state index contributed by atoms with van der Waals surface area (Å²) in [4.78, 5) is 0. The fourth-order valence-electron chi connectivity index (χ4n) is 0. The minimum Gasteiger partial charge on any atom is -0.759 e. The molecule has 6 nitrogen and oxygen atoms in total. The zero-order chi connectivity index (χ0) is 4.50. The largest absolute Gasteiger partial charge is 2.00 e. The summed E-state index contributed by atoms with van der Waals surface area (Å²) in [5.41, 5.74) is 0. The summed E-state index contributed by atoms with van der Waals surface area (Å²) in [5, 5.41) is 0.